The molecular formula is C14H14N2O4. The molecule has 1 aromatic heterocycles. The van der Waals surface area contributed by atoms with Crippen LogP contribution in [0.25, 0.3) is 0 Å². The van der Waals surface area contributed by atoms with Gasteiger partial charge in [0, 0.05) is 11.3 Å². The van der Waals surface area contributed by atoms with Crippen LogP contribution in [-0.2, 0) is 17.8 Å². The summed E-state index contributed by atoms with van der Waals surface area (Å²) < 4.78 is 1.07. The highest BCUT2D eigenvalue weighted by molar-refractivity contribution is 5.69. The lowest BCUT2D eigenvalue weighted by molar-refractivity contribution is -0.136. The number of aliphatic carboxylic acids is 1. The number of nitrogens with one attached hydrogen (secondary N) is 1. The highest BCUT2D eigenvalue weighted by Gasteiger charge is 2.12. The van der Waals surface area contributed by atoms with Crippen LogP contribution in [0.4, 0.5) is 0 Å². The van der Waals surface area contributed by atoms with Gasteiger partial charge in [-0.1, -0.05) is 30.3 Å². The predicted molar refractivity (Wildman–Crippen MR) is 72.9 cm³/mol. The molecule has 0 aliphatic rings. The second-order valence-electron chi connectivity index (χ2n) is 4.48. The van der Waals surface area contributed by atoms with Gasteiger partial charge < -0.3 is 10.1 Å². The van der Waals surface area contributed by atoms with Crippen LogP contribution in [0.5, 0.6) is 0 Å². The third kappa shape index (κ3) is 2.85. The van der Waals surface area contributed by atoms with E-state index in [4.69, 9.17) is 5.11 Å². The van der Waals surface area contributed by atoms with Crippen LogP contribution in [0, 0.1) is 6.92 Å². The minimum absolute atomic E-state index is 0.150. The predicted octanol–water partition coefficient (Wildman–Crippen LogP) is 0.520. The fourth-order valence-electron chi connectivity index (χ4n) is 1.95. The van der Waals surface area contributed by atoms with Crippen molar-refractivity contribution in [3.63, 3.8) is 0 Å². The topological polar surface area (TPSA) is 92.2 Å². The summed E-state index contributed by atoms with van der Waals surface area (Å²) in [6.45, 7) is 1.67. The van der Waals surface area contributed by atoms with Crippen LogP contribution in [0.15, 0.2) is 39.9 Å². The number of rotatable bonds is 4. The first-order chi connectivity index (χ1) is 9.49. The maximum atomic E-state index is 12.1. The zero-order valence-corrected chi connectivity index (χ0v) is 10.9. The van der Waals surface area contributed by atoms with Gasteiger partial charge in [-0.15, -0.1) is 0 Å². The largest absolute Gasteiger partial charge is 0.481 e. The Hall–Kier alpha value is -2.63. The molecule has 0 saturated heterocycles. The van der Waals surface area contributed by atoms with E-state index in [2.05, 4.69) is 4.98 Å². The fraction of sp³-hybridized carbons (Fsp3) is 0.214. The summed E-state index contributed by atoms with van der Waals surface area (Å²) in [6.07, 6.45) is -0.373. The molecule has 2 rings (SSSR count). The molecule has 6 heteroatoms. The Labute approximate surface area is 114 Å². The number of nitrogens with zero attached hydrogens (tertiary/aromatic N) is 1. The molecule has 2 N–H and O–H groups in total. The molecule has 20 heavy (non-hydrogen) atoms. The highest BCUT2D eigenvalue weighted by atomic mass is 16.4. The Morgan fingerprint density at radius 1 is 1.25 bits per heavy atom. The smallest absolute Gasteiger partial charge is 0.328 e. The van der Waals surface area contributed by atoms with E-state index in [9.17, 15) is 14.4 Å². The van der Waals surface area contributed by atoms with Crippen molar-refractivity contribution in [1.82, 2.24) is 9.55 Å². The van der Waals surface area contributed by atoms with Gasteiger partial charge in [-0.25, -0.2) is 4.79 Å². The summed E-state index contributed by atoms with van der Waals surface area (Å²) in [4.78, 5) is 37.2. The van der Waals surface area contributed by atoms with Crippen LogP contribution >= 0.6 is 0 Å². The van der Waals surface area contributed by atoms with Gasteiger partial charge in [0.2, 0.25) is 0 Å². The number of carboxylic acid groups (broad SMARTS) is 1. The molecular weight excluding hydrogens is 260 g/mol. The Balaban J connectivity index is 2.46. The Morgan fingerprint density at radius 3 is 2.50 bits per heavy atom. The van der Waals surface area contributed by atoms with Crippen molar-refractivity contribution in [2.75, 3.05) is 0 Å². The number of aromatic amines is 1. The molecule has 0 radical (unpaired) electrons. The summed E-state index contributed by atoms with van der Waals surface area (Å²) >= 11 is 0. The number of H-pyrrole nitrogens is 1. The van der Waals surface area contributed by atoms with Crippen LogP contribution in [0.2, 0.25) is 0 Å². The lowest BCUT2D eigenvalue weighted by Gasteiger charge is -2.08. The van der Waals surface area contributed by atoms with E-state index >= 15 is 0 Å². The third-order valence-corrected chi connectivity index (χ3v) is 3.03. The van der Waals surface area contributed by atoms with E-state index in [1.807, 2.05) is 30.3 Å². The van der Waals surface area contributed by atoms with E-state index < -0.39 is 17.2 Å². The molecule has 0 spiro atoms. The van der Waals surface area contributed by atoms with Crippen molar-refractivity contribution >= 4 is 5.97 Å². The van der Waals surface area contributed by atoms with Gasteiger partial charge in [-0.05, 0) is 12.5 Å². The molecule has 2 aromatic rings. The average molecular weight is 274 g/mol. The summed E-state index contributed by atoms with van der Waals surface area (Å²) in [5.41, 5.74) is 0.166. The van der Waals surface area contributed by atoms with Crippen LogP contribution in [-0.4, -0.2) is 20.6 Å². The van der Waals surface area contributed by atoms with E-state index in [-0.39, 0.29) is 24.2 Å². The monoisotopic (exact) mass is 274 g/mol. The molecule has 104 valence electrons. The van der Waals surface area contributed by atoms with E-state index in [1.165, 1.54) is 6.92 Å². The average Bonchev–Trinajstić information content (AvgIpc) is 2.41. The number of benzene rings is 1. The molecule has 0 amide bonds. The SMILES string of the molecule is Cc1c(CC(=O)O)[nH]c(=O)n(Cc2ccccc2)c1=O. The van der Waals surface area contributed by atoms with E-state index in [1.54, 1.807) is 0 Å². The number of carboxylic acids is 1. The number of aromatic nitrogens is 2. The van der Waals surface area contributed by atoms with Crippen molar-refractivity contribution in [2.24, 2.45) is 0 Å². The number of carbonyl (C=O) groups is 1. The van der Waals surface area contributed by atoms with Gasteiger partial charge in [-0.2, -0.15) is 0 Å². The molecule has 6 nitrogen and oxygen atoms in total. The van der Waals surface area contributed by atoms with Crippen molar-refractivity contribution < 1.29 is 9.90 Å². The number of hydrogen-bond donors (Lipinski definition) is 2. The third-order valence-electron chi connectivity index (χ3n) is 3.03. The quantitative estimate of drug-likeness (QED) is 0.850. The first-order valence-corrected chi connectivity index (χ1v) is 6.07. The highest BCUT2D eigenvalue weighted by Crippen LogP contribution is 2.01. The zero-order chi connectivity index (χ0) is 14.7. The van der Waals surface area contributed by atoms with Gasteiger partial charge >= 0.3 is 11.7 Å². The molecule has 1 aromatic carbocycles. The van der Waals surface area contributed by atoms with Gasteiger partial charge in [0.15, 0.2) is 0 Å². The van der Waals surface area contributed by atoms with E-state index in [0.717, 1.165) is 10.1 Å². The molecule has 0 saturated carbocycles. The molecule has 0 aliphatic heterocycles. The Kier molecular flexibility index (Phi) is 3.84. The zero-order valence-electron chi connectivity index (χ0n) is 10.9. The molecule has 0 unspecified atom stereocenters. The van der Waals surface area contributed by atoms with Crippen molar-refractivity contribution in [3.05, 3.63) is 68.0 Å². The van der Waals surface area contributed by atoms with Crippen LogP contribution in [0.3, 0.4) is 0 Å². The second kappa shape index (κ2) is 5.56. The van der Waals surface area contributed by atoms with E-state index in [0.29, 0.717) is 0 Å². The van der Waals surface area contributed by atoms with Crippen molar-refractivity contribution in [3.8, 4) is 0 Å². The minimum atomic E-state index is -1.09. The maximum absolute atomic E-state index is 12.1. The molecule has 1 heterocycles. The van der Waals surface area contributed by atoms with Crippen LogP contribution < -0.4 is 11.2 Å². The maximum Gasteiger partial charge on any atom is 0.328 e. The normalized spacial score (nSPS) is 10.4. The first kappa shape index (κ1) is 13.8. The summed E-state index contributed by atoms with van der Waals surface area (Å²) in [6, 6.07) is 9.11. The number of hydrogen-bond acceptors (Lipinski definition) is 3. The van der Waals surface area contributed by atoms with Gasteiger partial charge in [-0.3, -0.25) is 14.2 Å². The Morgan fingerprint density at radius 2 is 1.90 bits per heavy atom. The standard InChI is InChI=1S/C14H14N2O4/c1-9-11(7-12(17)18)15-14(20)16(13(9)19)8-10-5-3-2-4-6-10/h2-6H,7-8H2,1H3,(H,15,20)(H,17,18). The first-order valence-electron chi connectivity index (χ1n) is 6.07. The van der Waals surface area contributed by atoms with Gasteiger partial charge in [0.05, 0.1) is 13.0 Å². The molecule has 0 bridgehead atoms. The van der Waals surface area contributed by atoms with Gasteiger partial charge in [0.25, 0.3) is 5.56 Å². The molecule has 0 atom stereocenters. The van der Waals surface area contributed by atoms with Gasteiger partial charge in [0.1, 0.15) is 0 Å². The lowest BCUT2D eigenvalue weighted by Crippen LogP contribution is -2.38. The summed E-state index contributed by atoms with van der Waals surface area (Å²) in [5, 5.41) is 8.75. The molecule has 0 fully saturated rings. The summed E-state index contributed by atoms with van der Waals surface area (Å²) in [5.74, 6) is -1.09. The molecule has 0 aliphatic carbocycles. The van der Waals surface area contributed by atoms with Crippen molar-refractivity contribution in [2.45, 2.75) is 19.9 Å². The second-order valence-corrected chi connectivity index (χ2v) is 4.48. The summed E-state index contributed by atoms with van der Waals surface area (Å²) in [7, 11) is 0. The lowest BCUT2D eigenvalue weighted by atomic mass is 10.2. The minimum Gasteiger partial charge on any atom is -0.481 e. The fourth-order valence-corrected chi connectivity index (χ4v) is 1.95. The van der Waals surface area contributed by atoms with Crippen molar-refractivity contribution in [1.29, 1.82) is 0 Å². The Bertz CT molecular complexity index is 744. The van der Waals surface area contributed by atoms with Crippen LogP contribution in [0.1, 0.15) is 16.8 Å².